The number of nitrogens with one attached hydrogen (secondary N) is 1. The van der Waals surface area contributed by atoms with Gasteiger partial charge in [0.2, 0.25) is 10.0 Å². The summed E-state index contributed by atoms with van der Waals surface area (Å²) in [5.74, 6) is -3.24. The second kappa shape index (κ2) is 7.14. The van der Waals surface area contributed by atoms with Crippen LogP contribution in [0.25, 0.3) is 0 Å². The van der Waals surface area contributed by atoms with E-state index in [0.717, 1.165) is 5.56 Å². The van der Waals surface area contributed by atoms with Gasteiger partial charge >= 0.3 is 0 Å². The average Bonchev–Trinajstić information content (AvgIpc) is 2.37. The number of halogens is 3. The van der Waals surface area contributed by atoms with Crippen LogP contribution >= 0.6 is 12.4 Å². The summed E-state index contributed by atoms with van der Waals surface area (Å²) in [6.45, 7) is -0.0194. The van der Waals surface area contributed by atoms with E-state index in [1.165, 1.54) is 12.1 Å². The summed E-state index contributed by atoms with van der Waals surface area (Å²) in [6, 6.07) is 6.17. The van der Waals surface area contributed by atoms with E-state index in [-0.39, 0.29) is 17.3 Å². The van der Waals surface area contributed by atoms with Gasteiger partial charge in [-0.2, -0.15) is 0 Å². The van der Waals surface area contributed by atoms with Crippen molar-refractivity contribution >= 4 is 22.4 Å². The molecule has 0 bridgehead atoms. The molecule has 0 amide bonds. The summed E-state index contributed by atoms with van der Waals surface area (Å²) >= 11 is 0. The first-order valence-electron chi connectivity index (χ1n) is 5.47. The van der Waals surface area contributed by atoms with Gasteiger partial charge in [0.15, 0.2) is 0 Å². The molecule has 0 atom stereocenters. The lowest BCUT2D eigenvalue weighted by molar-refractivity contribution is 0.0170. The summed E-state index contributed by atoms with van der Waals surface area (Å²) in [7, 11) is -3.92. The zero-order chi connectivity index (χ0) is 13.8. The van der Waals surface area contributed by atoms with E-state index >= 15 is 0 Å². The third kappa shape index (κ3) is 5.40. The Morgan fingerprint density at radius 3 is 2.53 bits per heavy atom. The summed E-state index contributed by atoms with van der Waals surface area (Å²) < 4.78 is 51.2. The van der Waals surface area contributed by atoms with Gasteiger partial charge < -0.3 is 5.73 Å². The van der Waals surface area contributed by atoms with E-state index in [1.807, 2.05) is 11.6 Å². The Kier molecular flexibility index (Phi) is 6.85. The van der Waals surface area contributed by atoms with Crippen molar-refractivity contribution < 1.29 is 17.2 Å². The van der Waals surface area contributed by atoms with E-state index in [4.69, 9.17) is 5.73 Å². The van der Waals surface area contributed by atoms with Crippen molar-refractivity contribution in [2.45, 2.75) is 24.2 Å². The Labute approximate surface area is 117 Å². The number of hydrogen-bond acceptors (Lipinski definition) is 3. The monoisotopic (exact) mass is 314 g/mol. The van der Waals surface area contributed by atoms with E-state index in [0.29, 0.717) is 6.42 Å². The Hall–Kier alpha value is -0.760. The van der Waals surface area contributed by atoms with Gasteiger partial charge in [0, 0.05) is 0 Å². The Balaban J connectivity index is 0.00000324. The van der Waals surface area contributed by atoms with Crippen molar-refractivity contribution in [1.29, 1.82) is 0 Å². The number of alkyl halides is 2. The van der Waals surface area contributed by atoms with Gasteiger partial charge in [0.1, 0.15) is 0 Å². The smallest absolute Gasteiger partial charge is 0.273 e. The standard InChI is InChI=1S/C11H16F2N2O2S.ClH/c1-2-9-4-3-5-10(6-9)18(16,17)15-8-11(12,13)7-14;/h3-6,15H,2,7-8,14H2,1H3;1H. The lowest BCUT2D eigenvalue weighted by Gasteiger charge is -2.15. The number of rotatable bonds is 6. The zero-order valence-corrected chi connectivity index (χ0v) is 12.0. The lowest BCUT2D eigenvalue weighted by atomic mass is 10.2. The van der Waals surface area contributed by atoms with Gasteiger partial charge in [-0.3, -0.25) is 0 Å². The molecule has 19 heavy (non-hydrogen) atoms. The predicted octanol–water partition coefficient (Wildman–Crippen LogP) is 1.54. The molecule has 1 aromatic rings. The highest BCUT2D eigenvalue weighted by Gasteiger charge is 2.29. The quantitative estimate of drug-likeness (QED) is 0.836. The van der Waals surface area contributed by atoms with E-state index in [1.54, 1.807) is 12.1 Å². The van der Waals surface area contributed by atoms with Crippen molar-refractivity contribution in [2.24, 2.45) is 5.73 Å². The van der Waals surface area contributed by atoms with Crippen molar-refractivity contribution in [3.8, 4) is 0 Å². The van der Waals surface area contributed by atoms with Crippen LogP contribution in [0.3, 0.4) is 0 Å². The second-order valence-electron chi connectivity index (χ2n) is 3.89. The molecule has 0 aliphatic carbocycles. The molecule has 0 unspecified atom stereocenters. The van der Waals surface area contributed by atoms with Gasteiger partial charge in [-0.15, -0.1) is 12.4 Å². The van der Waals surface area contributed by atoms with Crippen LogP contribution in [-0.4, -0.2) is 27.4 Å². The topological polar surface area (TPSA) is 72.2 Å². The molecule has 110 valence electrons. The lowest BCUT2D eigenvalue weighted by Crippen LogP contribution is -2.41. The molecule has 3 N–H and O–H groups in total. The van der Waals surface area contributed by atoms with Crippen molar-refractivity contribution in [3.63, 3.8) is 0 Å². The maximum Gasteiger partial charge on any atom is 0.273 e. The number of benzene rings is 1. The Morgan fingerprint density at radius 2 is 2.00 bits per heavy atom. The summed E-state index contributed by atoms with van der Waals surface area (Å²) in [4.78, 5) is -0.0188. The van der Waals surface area contributed by atoms with Crippen molar-refractivity contribution in [3.05, 3.63) is 29.8 Å². The number of aryl methyl sites for hydroxylation is 1. The number of sulfonamides is 1. The first-order valence-corrected chi connectivity index (χ1v) is 6.95. The number of nitrogens with two attached hydrogens (primary N) is 1. The highest BCUT2D eigenvalue weighted by molar-refractivity contribution is 7.89. The van der Waals surface area contributed by atoms with Gasteiger partial charge in [-0.25, -0.2) is 21.9 Å². The van der Waals surface area contributed by atoms with E-state index < -0.39 is 29.0 Å². The molecule has 0 heterocycles. The van der Waals surface area contributed by atoms with Crippen LogP contribution in [0.15, 0.2) is 29.2 Å². The van der Waals surface area contributed by atoms with Crippen LogP contribution in [-0.2, 0) is 16.4 Å². The van der Waals surface area contributed by atoms with Crippen LogP contribution in [0.2, 0.25) is 0 Å². The first-order chi connectivity index (χ1) is 8.30. The van der Waals surface area contributed by atoms with E-state index in [2.05, 4.69) is 0 Å². The zero-order valence-electron chi connectivity index (χ0n) is 10.4. The molecule has 0 saturated carbocycles. The molecule has 1 aromatic carbocycles. The fraction of sp³-hybridized carbons (Fsp3) is 0.455. The molecular formula is C11H17ClF2N2O2S. The molecule has 0 saturated heterocycles. The molecule has 0 aromatic heterocycles. The molecule has 0 radical (unpaired) electrons. The minimum atomic E-state index is -3.92. The fourth-order valence-electron chi connectivity index (χ4n) is 1.29. The van der Waals surface area contributed by atoms with Crippen LogP contribution in [0.4, 0.5) is 8.78 Å². The second-order valence-corrected chi connectivity index (χ2v) is 5.65. The molecule has 8 heteroatoms. The first kappa shape index (κ1) is 18.2. The highest BCUT2D eigenvalue weighted by atomic mass is 35.5. The fourth-order valence-corrected chi connectivity index (χ4v) is 2.42. The maximum atomic E-state index is 12.9. The van der Waals surface area contributed by atoms with Crippen molar-refractivity contribution in [1.82, 2.24) is 4.72 Å². The molecular weight excluding hydrogens is 298 g/mol. The summed E-state index contributed by atoms with van der Waals surface area (Å²) in [5.41, 5.74) is 5.66. The summed E-state index contributed by atoms with van der Waals surface area (Å²) in [5, 5.41) is 0. The van der Waals surface area contributed by atoms with Gasteiger partial charge in [0.25, 0.3) is 5.92 Å². The Morgan fingerprint density at radius 1 is 1.37 bits per heavy atom. The van der Waals surface area contributed by atoms with E-state index in [9.17, 15) is 17.2 Å². The molecule has 1 rings (SSSR count). The third-order valence-corrected chi connectivity index (χ3v) is 3.84. The third-order valence-electron chi connectivity index (χ3n) is 2.44. The predicted molar refractivity (Wildman–Crippen MR) is 72.3 cm³/mol. The SMILES string of the molecule is CCc1cccc(S(=O)(=O)NCC(F)(F)CN)c1.Cl. The minimum absolute atomic E-state index is 0. The van der Waals surface area contributed by atoms with Gasteiger partial charge in [-0.1, -0.05) is 19.1 Å². The molecule has 0 aliphatic rings. The van der Waals surface area contributed by atoms with Crippen LogP contribution in [0, 0.1) is 0 Å². The minimum Gasteiger partial charge on any atom is -0.325 e. The normalized spacial score (nSPS) is 12.0. The van der Waals surface area contributed by atoms with Gasteiger partial charge in [0.05, 0.1) is 18.0 Å². The molecule has 4 nitrogen and oxygen atoms in total. The van der Waals surface area contributed by atoms with Gasteiger partial charge in [-0.05, 0) is 24.1 Å². The molecule has 0 fully saturated rings. The van der Waals surface area contributed by atoms with Crippen LogP contribution in [0.5, 0.6) is 0 Å². The largest absolute Gasteiger partial charge is 0.325 e. The highest BCUT2D eigenvalue weighted by Crippen LogP contribution is 2.14. The Bertz CT molecular complexity index is 509. The maximum absolute atomic E-state index is 12.9. The molecule has 0 aliphatic heterocycles. The number of hydrogen-bond donors (Lipinski definition) is 2. The summed E-state index contributed by atoms with van der Waals surface area (Å²) in [6.07, 6.45) is 0.669. The average molecular weight is 315 g/mol. The van der Waals surface area contributed by atoms with Crippen molar-refractivity contribution in [2.75, 3.05) is 13.1 Å². The molecule has 0 spiro atoms. The van der Waals surface area contributed by atoms with Crippen LogP contribution in [0.1, 0.15) is 12.5 Å². The van der Waals surface area contributed by atoms with Crippen LogP contribution < -0.4 is 10.5 Å².